The zero-order valence-electron chi connectivity index (χ0n) is 13.8. The highest BCUT2D eigenvalue weighted by molar-refractivity contribution is 8.14. The van der Waals surface area contributed by atoms with Gasteiger partial charge >= 0.3 is 11.9 Å². The maximum atomic E-state index is 9.90. The number of hydrogen-bond acceptors (Lipinski definition) is 5. The molecule has 8 heteroatoms. The summed E-state index contributed by atoms with van der Waals surface area (Å²) in [7, 11) is 0. The third kappa shape index (κ3) is 7.36. The first-order chi connectivity index (χ1) is 11.6. The lowest BCUT2D eigenvalue weighted by Crippen LogP contribution is -2.21. The first-order valence-electron chi connectivity index (χ1n) is 8.00. The minimum Gasteiger partial charge on any atom is -0.481 e. The van der Waals surface area contributed by atoms with E-state index in [0.717, 1.165) is 6.54 Å². The first-order valence-corrected chi connectivity index (χ1v) is 8.99. The predicted octanol–water partition coefficient (Wildman–Crippen LogP) is 3.28. The van der Waals surface area contributed by atoms with Crippen LogP contribution < -0.4 is 0 Å². The van der Waals surface area contributed by atoms with Gasteiger partial charge in [0.15, 0.2) is 5.17 Å². The predicted molar refractivity (Wildman–Crippen MR) is 102 cm³/mol. The molecule has 1 saturated heterocycles. The number of carboxylic acid groups (broad SMARTS) is 2. The second-order valence-electron chi connectivity index (χ2n) is 5.63. The van der Waals surface area contributed by atoms with E-state index >= 15 is 0 Å². The maximum Gasteiger partial charge on any atom is 0.303 e. The zero-order chi connectivity index (χ0) is 17.4. The number of thioether (sulfide) groups is 1. The largest absolute Gasteiger partial charge is 0.481 e. The molecule has 138 valence electrons. The Morgan fingerprint density at radius 3 is 2.24 bits per heavy atom. The minimum atomic E-state index is -0.870. The molecule has 1 atom stereocenters. The van der Waals surface area contributed by atoms with E-state index in [9.17, 15) is 9.59 Å². The standard InChI is InChI=1S/C11H12N2S.C6H10O4.ClH/c1-2-4-9(5-3-1)10-8-13-6-7-14-11(13)12-10;7-5(8)3-1-2-4-6(9)10;/h1-5,10H,6-8H2;1-4H2,(H,7,8)(H,9,10);1H/t10-;;/m1../s1. The van der Waals surface area contributed by atoms with Crippen molar-refractivity contribution in [3.05, 3.63) is 35.9 Å². The Balaban J connectivity index is 0.000000257. The van der Waals surface area contributed by atoms with Gasteiger partial charge in [-0.2, -0.15) is 0 Å². The van der Waals surface area contributed by atoms with Gasteiger partial charge in [0.1, 0.15) is 0 Å². The van der Waals surface area contributed by atoms with Crippen LogP contribution in [0.3, 0.4) is 0 Å². The molecule has 25 heavy (non-hydrogen) atoms. The molecule has 0 amide bonds. The minimum absolute atomic E-state index is 0. The normalized spacial score (nSPS) is 17.7. The van der Waals surface area contributed by atoms with E-state index < -0.39 is 11.9 Å². The average Bonchev–Trinajstić information content (AvgIpc) is 3.14. The summed E-state index contributed by atoms with van der Waals surface area (Å²) in [4.78, 5) is 26.9. The molecule has 2 heterocycles. The average molecular weight is 387 g/mol. The van der Waals surface area contributed by atoms with Crippen molar-refractivity contribution in [1.82, 2.24) is 4.90 Å². The Kier molecular flexibility index (Phi) is 9.37. The molecule has 0 aliphatic carbocycles. The lowest BCUT2D eigenvalue weighted by Gasteiger charge is -2.12. The molecule has 2 aliphatic rings. The number of carboxylic acids is 2. The number of hydrogen-bond donors (Lipinski definition) is 2. The van der Waals surface area contributed by atoms with Crippen molar-refractivity contribution < 1.29 is 19.8 Å². The van der Waals surface area contributed by atoms with Gasteiger partial charge in [-0.3, -0.25) is 14.6 Å². The summed E-state index contributed by atoms with van der Waals surface area (Å²) < 4.78 is 0. The number of amidine groups is 1. The topological polar surface area (TPSA) is 90.2 Å². The highest BCUT2D eigenvalue weighted by Crippen LogP contribution is 2.31. The lowest BCUT2D eigenvalue weighted by atomic mass is 10.1. The zero-order valence-corrected chi connectivity index (χ0v) is 15.5. The number of carbonyl (C=O) groups is 2. The van der Waals surface area contributed by atoms with Crippen molar-refractivity contribution in [3.8, 4) is 0 Å². The first kappa shape index (κ1) is 21.3. The number of nitrogens with zero attached hydrogens (tertiary/aromatic N) is 2. The number of unbranched alkanes of at least 4 members (excludes halogenated alkanes) is 1. The molecule has 1 aromatic rings. The summed E-state index contributed by atoms with van der Waals surface area (Å²) in [5, 5.41) is 17.5. The van der Waals surface area contributed by atoms with Crippen LogP contribution in [-0.2, 0) is 9.59 Å². The molecular weight excluding hydrogens is 364 g/mol. The molecule has 6 nitrogen and oxygen atoms in total. The van der Waals surface area contributed by atoms with Crippen LogP contribution in [-0.4, -0.2) is 51.1 Å². The molecule has 3 rings (SSSR count). The van der Waals surface area contributed by atoms with Crippen LogP contribution >= 0.6 is 24.2 Å². The SMILES string of the molecule is Cl.O=C(O)CCCCC(=O)O.c1ccc([C@H]2CN3CCSC3=N2)cc1. The molecule has 0 aromatic heterocycles. The fourth-order valence-electron chi connectivity index (χ4n) is 2.51. The van der Waals surface area contributed by atoms with Gasteiger partial charge in [0, 0.05) is 31.7 Å². The Labute approximate surface area is 157 Å². The van der Waals surface area contributed by atoms with Crippen molar-refractivity contribution in [3.63, 3.8) is 0 Å². The van der Waals surface area contributed by atoms with Gasteiger partial charge in [0.05, 0.1) is 6.04 Å². The van der Waals surface area contributed by atoms with Gasteiger partial charge in [0.2, 0.25) is 0 Å². The van der Waals surface area contributed by atoms with E-state index in [0.29, 0.717) is 18.9 Å². The van der Waals surface area contributed by atoms with Crippen LogP contribution in [0.1, 0.15) is 37.3 Å². The van der Waals surface area contributed by atoms with Crippen LogP contribution in [0.25, 0.3) is 0 Å². The van der Waals surface area contributed by atoms with E-state index in [1.807, 2.05) is 11.8 Å². The lowest BCUT2D eigenvalue weighted by molar-refractivity contribution is -0.139. The van der Waals surface area contributed by atoms with Crippen molar-refractivity contribution in [2.24, 2.45) is 4.99 Å². The van der Waals surface area contributed by atoms with Crippen LogP contribution in [0, 0.1) is 0 Å². The highest BCUT2D eigenvalue weighted by Gasteiger charge is 2.29. The van der Waals surface area contributed by atoms with E-state index in [2.05, 4.69) is 35.2 Å². The van der Waals surface area contributed by atoms with Gasteiger partial charge < -0.3 is 15.1 Å². The summed E-state index contributed by atoms with van der Waals surface area (Å²) in [6, 6.07) is 10.9. The highest BCUT2D eigenvalue weighted by atomic mass is 35.5. The van der Waals surface area contributed by atoms with Crippen LogP contribution in [0.5, 0.6) is 0 Å². The fourth-order valence-corrected chi connectivity index (χ4v) is 3.56. The Bertz CT molecular complexity index is 582. The summed E-state index contributed by atoms with van der Waals surface area (Å²) in [6.45, 7) is 2.25. The second-order valence-corrected chi connectivity index (χ2v) is 6.69. The maximum absolute atomic E-state index is 9.90. The number of aliphatic imine (C=N–C) groups is 1. The molecule has 1 fully saturated rings. The Morgan fingerprint density at radius 1 is 1.12 bits per heavy atom. The van der Waals surface area contributed by atoms with Gasteiger partial charge in [-0.15, -0.1) is 12.4 Å². The molecule has 1 aromatic carbocycles. The van der Waals surface area contributed by atoms with Gasteiger partial charge in [-0.1, -0.05) is 42.1 Å². The van der Waals surface area contributed by atoms with E-state index in [-0.39, 0.29) is 25.2 Å². The summed E-state index contributed by atoms with van der Waals surface area (Å²) in [5.41, 5.74) is 1.34. The number of benzene rings is 1. The molecule has 0 spiro atoms. The molecule has 2 aliphatic heterocycles. The second kappa shape index (κ2) is 11.0. The fraction of sp³-hybridized carbons (Fsp3) is 0.471. The molecule has 0 saturated carbocycles. The third-order valence-corrected chi connectivity index (χ3v) is 4.75. The molecular formula is C17H23ClN2O4S. The van der Waals surface area contributed by atoms with Crippen molar-refractivity contribution in [1.29, 1.82) is 0 Å². The smallest absolute Gasteiger partial charge is 0.303 e. The van der Waals surface area contributed by atoms with E-state index in [1.165, 1.54) is 23.0 Å². The quantitative estimate of drug-likeness (QED) is 0.729. The Hall–Kier alpha value is -1.73. The monoisotopic (exact) mass is 386 g/mol. The molecule has 0 radical (unpaired) electrons. The van der Waals surface area contributed by atoms with Gasteiger partial charge in [0.25, 0.3) is 0 Å². The van der Waals surface area contributed by atoms with E-state index in [4.69, 9.17) is 15.2 Å². The van der Waals surface area contributed by atoms with Crippen molar-refractivity contribution in [2.75, 3.05) is 18.8 Å². The number of halogens is 1. The number of fused-ring (bicyclic) bond motifs is 1. The summed E-state index contributed by atoms with van der Waals surface area (Å²) >= 11 is 1.89. The Morgan fingerprint density at radius 2 is 1.72 bits per heavy atom. The molecule has 2 N–H and O–H groups in total. The van der Waals surface area contributed by atoms with Crippen molar-refractivity contribution in [2.45, 2.75) is 31.7 Å². The molecule has 0 bridgehead atoms. The van der Waals surface area contributed by atoms with Gasteiger partial charge in [-0.25, -0.2) is 0 Å². The van der Waals surface area contributed by atoms with Gasteiger partial charge in [-0.05, 0) is 18.4 Å². The number of aliphatic carboxylic acids is 2. The van der Waals surface area contributed by atoms with E-state index in [1.54, 1.807) is 0 Å². The van der Waals surface area contributed by atoms with Crippen LogP contribution in [0.4, 0.5) is 0 Å². The van der Waals surface area contributed by atoms with Crippen LogP contribution in [0.2, 0.25) is 0 Å². The third-order valence-electron chi connectivity index (χ3n) is 3.74. The van der Waals surface area contributed by atoms with Crippen LogP contribution in [0.15, 0.2) is 35.3 Å². The number of rotatable bonds is 6. The van der Waals surface area contributed by atoms with Crippen molar-refractivity contribution >= 4 is 41.3 Å². The summed E-state index contributed by atoms with van der Waals surface area (Å²) in [5.74, 6) is -0.531. The summed E-state index contributed by atoms with van der Waals surface area (Å²) in [6.07, 6.45) is 1.02. The molecule has 0 unspecified atom stereocenters.